The standard InChI is InChI=1S/C13H10O4S/c14-5-7-6-18-13-11(16)10(15)8-3-1-2-4-9(8)12(13)17-7/h1-4,7,14H,5-6H2. The summed E-state index contributed by atoms with van der Waals surface area (Å²) in [5.41, 5.74) is 1.02. The van der Waals surface area contributed by atoms with Crippen molar-refractivity contribution in [3.63, 3.8) is 0 Å². The summed E-state index contributed by atoms with van der Waals surface area (Å²) in [5, 5.41) is 9.13. The zero-order valence-electron chi connectivity index (χ0n) is 9.38. The van der Waals surface area contributed by atoms with Gasteiger partial charge in [-0.25, -0.2) is 0 Å². The second-order valence-corrected chi connectivity index (χ2v) is 5.13. The van der Waals surface area contributed by atoms with Crippen molar-refractivity contribution < 1.29 is 19.4 Å². The first kappa shape index (κ1) is 11.5. The van der Waals surface area contributed by atoms with Gasteiger partial charge in [-0.15, -0.1) is 11.8 Å². The van der Waals surface area contributed by atoms with Gasteiger partial charge in [0, 0.05) is 16.9 Å². The third-order valence-electron chi connectivity index (χ3n) is 2.94. The van der Waals surface area contributed by atoms with E-state index in [0.29, 0.717) is 27.5 Å². The SMILES string of the molecule is O=C1C(=O)c2ccccc2C2=C1SCC(CO)O2. The number of aliphatic hydroxyl groups excluding tert-OH is 1. The molecule has 3 rings (SSSR count). The van der Waals surface area contributed by atoms with E-state index in [9.17, 15) is 9.59 Å². The summed E-state index contributed by atoms with van der Waals surface area (Å²) in [6.45, 7) is -0.103. The summed E-state index contributed by atoms with van der Waals surface area (Å²) in [7, 11) is 0. The van der Waals surface area contributed by atoms with E-state index < -0.39 is 11.6 Å². The fraction of sp³-hybridized carbons (Fsp3) is 0.231. The van der Waals surface area contributed by atoms with Crippen molar-refractivity contribution >= 4 is 29.1 Å². The van der Waals surface area contributed by atoms with Crippen LogP contribution in [-0.2, 0) is 9.53 Å². The monoisotopic (exact) mass is 262 g/mol. The molecule has 1 aliphatic carbocycles. The van der Waals surface area contributed by atoms with E-state index in [1.54, 1.807) is 24.3 Å². The van der Waals surface area contributed by atoms with Gasteiger partial charge in [-0.1, -0.05) is 24.3 Å². The summed E-state index contributed by atoms with van der Waals surface area (Å²) in [5.74, 6) is -0.0743. The Kier molecular flexibility index (Phi) is 2.72. The molecule has 1 unspecified atom stereocenters. The van der Waals surface area contributed by atoms with E-state index in [2.05, 4.69) is 0 Å². The first-order valence-electron chi connectivity index (χ1n) is 5.55. The highest BCUT2D eigenvalue weighted by Crippen LogP contribution is 2.40. The lowest BCUT2D eigenvalue weighted by molar-refractivity contribution is -0.111. The maximum absolute atomic E-state index is 11.9. The number of ketones is 2. The number of aliphatic hydroxyl groups is 1. The largest absolute Gasteiger partial charge is 0.485 e. The number of rotatable bonds is 1. The molecule has 1 atom stereocenters. The summed E-state index contributed by atoms with van der Waals surface area (Å²) < 4.78 is 5.62. The number of benzene rings is 1. The van der Waals surface area contributed by atoms with E-state index in [0.717, 1.165) is 0 Å². The lowest BCUT2D eigenvalue weighted by Crippen LogP contribution is -2.31. The molecule has 0 fully saturated rings. The highest BCUT2D eigenvalue weighted by Gasteiger charge is 2.37. The number of ether oxygens (including phenoxy) is 1. The van der Waals surface area contributed by atoms with Gasteiger partial charge in [-0.2, -0.15) is 0 Å². The first-order valence-corrected chi connectivity index (χ1v) is 6.54. The Bertz CT molecular complexity index is 576. The Morgan fingerprint density at radius 1 is 1.22 bits per heavy atom. The van der Waals surface area contributed by atoms with Crippen molar-refractivity contribution in [2.45, 2.75) is 6.10 Å². The third kappa shape index (κ3) is 1.59. The molecule has 0 amide bonds. The quantitative estimate of drug-likeness (QED) is 0.772. The molecule has 5 heteroatoms. The number of fused-ring (bicyclic) bond motifs is 2. The lowest BCUT2D eigenvalue weighted by Gasteiger charge is -2.29. The average Bonchev–Trinajstić information content (AvgIpc) is 2.44. The van der Waals surface area contributed by atoms with Crippen molar-refractivity contribution in [1.82, 2.24) is 0 Å². The van der Waals surface area contributed by atoms with E-state index in [-0.39, 0.29) is 12.7 Å². The number of thioether (sulfide) groups is 1. The molecule has 0 radical (unpaired) electrons. The van der Waals surface area contributed by atoms with Gasteiger partial charge in [-0.3, -0.25) is 9.59 Å². The van der Waals surface area contributed by atoms with E-state index >= 15 is 0 Å². The summed E-state index contributed by atoms with van der Waals surface area (Å²) in [6, 6.07) is 6.89. The molecular weight excluding hydrogens is 252 g/mol. The topological polar surface area (TPSA) is 63.6 Å². The maximum Gasteiger partial charge on any atom is 0.243 e. The van der Waals surface area contributed by atoms with Gasteiger partial charge in [0.2, 0.25) is 11.6 Å². The highest BCUT2D eigenvalue weighted by molar-refractivity contribution is 8.04. The van der Waals surface area contributed by atoms with E-state index in [1.807, 2.05) is 0 Å². The normalized spacial score (nSPS) is 22.4. The Morgan fingerprint density at radius 3 is 2.67 bits per heavy atom. The third-order valence-corrected chi connectivity index (χ3v) is 4.13. The van der Waals surface area contributed by atoms with Crippen LogP contribution in [0.1, 0.15) is 15.9 Å². The Balaban J connectivity index is 2.16. The maximum atomic E-state index is 11.9. The number of Topliss-reactive ketones (excluding diaryl/α,β-unsaturated/α-hetero) is 2. The predicted molar refractivity (Wildman–Crippen MR) is 67.1 cm³/mol. The molecule has 1 aromatic carbocycles. The average molecular weight is 262 g/mol. The van der Waals surface area contributed by atoms with Crippen molar-refractivity contribution in [2.75, 3.05) is 12.4 Å². The molecule has 0 bridgehead atoms. The predicted octanol–water partition coefficient (Wildman–Crippen LogP) is 1.24. The van der Waals surface area contributed by atoms with Crippen molar-refractivity contribution in [3.05, 3.63) is 40.3 Å². The summed E-state index contributed by atoms with van der Waals surface area (Å²) >= 11 is 1.28. The molecule has 0 spiro atoms. The zero-order valence-corrected chi connectivity index (χ0v) is 10.2. The second-order valence-electron chi connectivity index (χ2n) is 4.10. The van der Waals surface area contributed by atoms with Gasteiger partial charge in [0.25, 0.3) is 0 Å². The minimum Gasteiger partial charge on any atom is -0.485 e. The Morgan fingerprint density at radius 2 is 1.94 bits per heavy atom. The molecule has 1 heterocycles. The molecule has 4 nitrogen and oxygen atoms in total. The van der Waals surface area contributed by atoms with Crippen LogP contribution in [-0.4, -0.2) is 35.1 Å². The fourth-order valence-corrected chi connectivity index (χ4v) is 3.08. The molecule has 1 N–H and O–H groups in total. The molecule has 2 aliphatic rings. The molecule has 1 aliphatic heterocycles. The summed E-state index contributed by atoms with van der Waals surface area (Å²) in [4.78, 5) is 24.2. The van der Waals surface area contributed by atoms with Gasteiger partial charge >= 0.3 is 0 Å². The van der Waals surface area contributed by atoms with Crippen LogP contribution in [0.3, 0.4) is 0 Å². The molecule has 18 heavy (non-hydrogen) atoms. The molecule has 1 aromatic rings. The molecule has 92 valence electrons. The van der Waals surface area contributed by atoms with Crippen LogP contribution < -0.4 is 0 Å². The lowest BCUT2D eigenvalue weighted by atomic mass is 9.93. The molecule has 0 aromatic heterocycles. The number of allylic oxidation sites excluding steroid dienone is 1. The smallest absolute Gasteiger partial charge is 0.243 e. The number of hydrogen-bond acceptors (Lipinski definition) is 5. The molecular formula is C13H10O4S. The Labute approximate surface area is 108 Å². The van der Waals surface area contributed by atoms with Crippen LogP contribution in [0.25, 0.3) is 5.76 Å². The van der Waals surface area contributed by atoms with Crippen molar-refractivity contribution in [3.8, 4) is 0 Å². The zero-order chi connectivity index (χ0) is 12.7. The summed E-state index contributed by atoms with van der Waals surface area (Å²) in [6.07, 6.45) is -0.331. The van der Waals surface area contributed by atoms with Crippen LogP contribution in [0.5, 0.6) is 0 Å². The molecule has 0 saturated heterocycles. The number of carbonyl (C=O) groups is 2. The van der Waals surface area contributed by atoms with Crippen molar-refractivity contribution in [1.29, 1.82) is 0 Å². The van der Waals surface area contributed by atoms with Crippen LogP contribution in [0.4, 0.5) is 0 Å². The van der Waals surface area contributed by atoms with Gasteiger partial charge < -0.3 is 9.84 Å². The second kappa shape index (κ2) is 4.26. The van der Waals surface area contributed by atoms with Gasteiger partial charge in [0.1, 0.15) is 16.8 Å². The number of carbonyl (C=O) groups excluding carboxylic acids is 2. The molecule has 0 saturated carbocycles. The van der Waals surface area contributed by atoms with Crippen LogP contribution in [0.2, 0.25) is 0 Å². The van der Waals surface area contributed by atoms with Gasteiger partial charge in [0.15, 0.2) is 0 Å². The minimum absolute atomic E-state index is 0.103. The van der Waals surface area contributed by atoms with E-state index in [1.165, 1.54) is 11.8 Å². The Hall–Kier alpha value is -1.59. The number of hydrogen-bond donors (Lipinski definition) is 1. The highest BCUT2D eigenvalue weighted by atomic mass is 32.2. The van der Waals surface area contributed by atoms with Crippen LogP contribution >= 0.6 is 11.8 Å². The van der Waals surface area contributed by atoms with Crippen LogP contribution in [0.15, 0.2) is 29.2 Å². The van der Waals surface area contributed by atoms with Crippen LogP contribution in [0, 0.1) is 0 Å². The first-order chi connectivity index (χ1) is 8.72. The minimum atomic E-state index is -0.509. The van der Waals surface area contributed by atoms with Crippen molar-refractivity contribution in [2.24, 2.45) is 0 Å². The van der Waals surface area contributed by atoms with Gasteiger partial charge in [-0.05, 0) is 0 Å². The fourth-order valence-electron chi connectivity index (χ4n) is 2.05. The van der Waals surface area contributed by atoms with E-state index in [4.69, 9.17) is 9.84 Å². The van der Waals surface area contributed by atoms with Gasteiger partial charge in [0.05, 0.1) is 6.61 Å².